The van der Waals surface area contributed by atoms with Crippen LogP contribution in [0.3, 0.4) is 0 Å². The van der Waals surface area contributed by atoms with Crippen LogP contribution in [-0.4, -0.2) is 63.2 Å². The summed E-state index contributed by atoms with van der Waals surface area (Å²) < 4.78 is 54.4. The molecule has 1 aliphatic heterocycles. The number of carbonyl (C=O) groups is 1. The molecule has 31 heavy (non-hydrogen) atoms. The van der Waals surface area contributed by atoms with E-state index in [1.165, 1.54) is 14.0 Å². The van der Waals surface area contributed by atoms with Crippen molar-refractivity contribution in [2.75, 3.05) is 31.9 Å². The van der Waals surface area contributed by atoms with E-state index in [2.05, 4.69) is 0 Å². The normalized spacial score (nSPS) is 29.7. The van der Waals surface area contributed by atoms with Crippen LogP contribution in [0.5, 0.6) is 0 Å². The van der Waals surface area contributed by atoms with Gasteiger partial charge in [-0.05, 0) is 35.8 Å². The molecule has 1 aromatic carbocycles. The molecule has 170 valence electrons. The fraction of sp³-hybridized carbons (Fsp3) is 0.591. The van der Waals surface area contributed by atoms with Crippen LogP contribution >= 0.6 is 0 Å². The Kier molecular flexibility index (Phi) is 5.69. The molecule has 0 spiro atoms. The molecule has 0 N–H and O–H groups in total. The van der Waals surface area contributed by atoms with Gasteiger partial charge in [-0.3, -0.25) is 4.79 Å². The Hall–Kier alpha value is -1.55. The zero-order valence-corrected chi connectivity index (χ0v) is 19.7. The lowest BCUT2D eigenvalue weighted by molar-refractivity contribution is -0.128. The summed E-state index contributed by atoms with van der Waals surface area (Å²) in [5, 5.41) is 1.17. The van der Waals surface area contributed by atoms with Gasteiger partial charge in [-0.2, -0.15) is 8.61 Å². The lowest BCUT2D eigenvalue weighted by Crippen LogP contribution is -2.53. The average Bonchev–Trinajstić information content (AvgIpc) is 3.07. The number of hydrogen-bond acceptors (Lipinski definition) is 5. The number of benzene rings is 1. The second-order valence-electron chi connectivity index (χ2n) is 9.48. The standard InChI is InChI=1S/C22H30N2O5S2/c1-21(2)19-8-10-22(21,20(25)16-19)17-31(28,29)24-13-11-23(12-14-24)30(26,27)15-9-18-6-4-3-5-7-18/h3-7,9,15,19H,8,10-14,16-17H2,1-2H3/b15-9+. The summed E-state index contributed by atoms with van der Waals surface area (Å²) in [4.78, 5) is 12.7. The highest BCUT2D eigenvalue weighted by Gasteiger charge is 2.65. The maximum absolute atomic E-state index is 13.2. The highest BCUT2D eigenvalue weighted by Crippen LogP contribution is 2.64. The van der Waals surface area contributed by atoms with Crippen molar-refractivity contribution in [2.24, 2.45) is 16.7 Å². The lowest BCUT2D eigenvalue weighted by Gasteiger charge is -2.39. The van der Waals surface area contributed by atoms with Crippen LogP contribution in [0.25, 0.3) is 6.08 Å². The molecule has 1 saturated heterocycles. The van der Waals surface area contributed by atoms with Crippen molar-refractivity contribution < 1.29 is 21.6 Å². The molecular formula is C22H30N2O5S2. The Balaban J connectivity index is 1.42. The molecule has 4 rings (SSSR count). The summed E-state index contributed by atoms with van der Waals surface area (Å²) in [6.45, 7) is 4.47. The van der Waals surface area contributed by atoms with Gasteiger partial charge in [-0.25, -0.2) is 16.8 Å². The van der Waals surface area contributed by atoms with Crippen molar-refractivity contribution in [3.8, 4) is 0 Å². The first kappa shape index (κ1) is 22.6. The first-order valence-electron chi connectivity index (χ1n) is 10.7. The maximum Gasteiger partial charge on any atom is 0.236 e. The maximum atomic E-state index is 13.2. The van der Waals surface area contributed by atoms with Crippen molar-refractivity contribution in [1.29, 1.82) is 0 Å². The number of fused-ring (bicyclic) bond motifs is 2. The third kappa shape index (κ3) is 3.90. The van der Waals surface area contributed by atoms with Gasteiger partial charge in [0.1, 0.15) is 5.78 Å². The highest BCUT2D eigenvalue weighted by atomic mass is 32.2. The molecule has 1 heterocycles. The predicted octanol–water partition coefficient (Wildman–Crippen LogP) is 2.33. The number of nitrogens with zero attached hydrogens (tertiary/aromatic N) is 2. The van der Waals surface area contributed by atoms with E-state index in [1.54, 1.807) is 6.08 Å². The average molecular weight is 467 g/mol. The second-order valence-corrected chi connectivity index (χ2v) is 13.3. The molecule has 3 aliphatic rings. The van der Waals surface area contributed by atoms with Crippen LogP contribution in [0.15, 0.2) is 35.7 Å². The topological polar surface area (TPSA) is 91.8 Å². The number of rotatable bonds is 6. The van der Waals surface area contributed by atoms with Gasteiger partial charge in [0, 0.05) is 43.4 Å². The SMILES string of the molecule is CC1(C)C2CCC1(CS(=O)(=O)N1CCN(S(=O)(=O)/C=C/c3ccccc3)CC1)C(=O)C2. The number of piperazine rings is 1. The largest absolute Gasteiger partial charge is 0.299 e. The summed E-state index contributed by atoms with van der Waals surface area (Å²) in [5.74, 6) is 0.168. The molecule has 0 amide bonds. The summed E-state index contributed by atoms with van der Waals surface area (Å²) >= 11 is 0. The van der Waals surface area contributed by atoms with Crippen molar-refractivity contribution in [2.45, 2.75) is 33.1 Å². The predicted molar refractivity (Wildman–Crippen MR) is 120 cm³/mol. The lowest BCUT2D eigenvalue weighted by atomic mass is 9.70. The molecule has 7 nitrogen and oxygen atoms in total. The van der Waals surface area contributed by atoms with Crippen LogP contribution in [0.1, 0.15) is 38.7 Å². The van der Waals surface area contributed by atoms with Gasteiger partial charge in [-0.15, -0.1) is 0 Å². The van der Waals surface area contributed by atoms with Crippen LogP contribution in [0.2, 0.25) is 0 Å². The van der Waals surface area contributed by atoms with Crippen molar-refractivity contribution in [3.63, 3.8) is 0 Å². The summed E-state index contributed by atoms with van der Waals surface area (Å²) in [7, 11) is -7.30. The molecular weight excluding hydrogens is 436 g/mol. The van der Waals surface area contributed by atoms with Gasteiger partial charge in [-0.1, -0.05) is 44.2 Å². The summed E-state index contributed by atoms with van der Waals surface area (Å²) in [6.07, 6.45) is 3.54. The molecule has 0 aromatic heterocycles. The zero-order valence-electron chi connectivity index (χ0n) is 18.0. The zero-order chi connectivity index (χ0) is 22.5. The summed E-state index contributed by atoms with van der Waals surface area (Å²) in [5.41, 5.74) is -0.340. The highest BCUT2D eigenvalue weighted by molar-refractivity contribution is 7.92. The van der Waals surface area contributed by atoms with E-state index >= 15 is 0 Å². The number of hydrogen-bond donors (Lipinski definition) is 0. The van der Waals surface area contributed by atoms with E-state index in [9.17, 15) is 21.6 Å². The minimum Gasteiger partial charge on any atom is -0.299 e. The molecule has 0 radical (unpaired) electrons. The molecule has 9 heteroatoms. The van der Waals surface area contributed by atoms with Crippen molar-refractivity contribution >= 4 is 31.9 Å². The van der Waals surface area contributed by atoms with E-state index in [0.717, 1.165) is 12.0 Å². The first-order valence-corrected chi connectivity index (χ1v) is 13.8. The van der Waals surface area contributed by atoms with E-state index in [-0.39, 0.29) is 49.0 Å². The Labute approximate surface area is 185 Å². The van der Waals surface area contributed by atoms with E-state index < -0.39 is 25.5 Å². The molecule has 2 bridgehead atoms. The van der Waals surface area contributed by atoms with Gasteiger partial charge in [0.2, 0.25) is 20.0 Å². The van der Waals surface area contributed by atoms with Gasteiger partial charge in [0.25, 0.3) is 0 Å². The molecule has 2 saturated carbocycles. The van der Waals surface area contributed by atoms with Crippen LogP contribution in [0, 0.1) is 16.7 Å². The third-order valence-electron chi connectivity index (χ3n) is 7.75. The van der Waals surface area contributed by atoms with Crippen LogP contribution in [0.4, 0.5) is 0 Å². The Morgan fingerprint density at radius 1 is 1.00 bits per heavy atom. The van der Waals surface area contributed by atoms with Crippen LogP contribution in [-0.2, 0) is 24.8 Å². The van der Waals surface area contributed by atoms with E-state index in [0.29, 0.717) is 12.8 Å². The van der Waals surface area contributed by atoms with Crippen molar-refractivity contribution in [1.82, 2.24) is 8.61 Å². The molecule has 2 unspecified atom stereocenters. The van der Waals surface area contributed by atoms with E-state index in [4.69, 9.17) is 0 Å². The smallest absolute Gasteiger partial charge is 0.236 e. The second kappa shape index (κ2) is 7.79. The number of ketones is 1. The van der Waals surface area contributed by atoms with Gasteiger partial charge < -0.3 is 0 Å². The van der Waals surface area contributed by atoms with Gasteiger partial charge in [0.05, 0.1) is 5.75 Å². The quantitative estimate of drug-likeness (QED) is 0.642. The number of sulfonamides is 2. The van der Waals surface area contributed by atoms with E-state index in [1.807, 2.05) is 44.2 Å². The fourth-order valence-corrected chi connectivity index (χ4v) is 8.90. The summed E-state index contributed by atoms with van der Waals surface area (Å²) in [6, 6.07) is 9.15. The first-order chi connectivity index (χ1) is 14.5. The van der Waals surface area contributed by atoms with Crippen LogP contribution < -0.4 is 0 Å². The van der Waals surface area contributed by atoms with Gasteiger partial charge >= 0.3 is 0 Å². The van der Waals surface area contributed by atoms with Gasteiger partial charge in [0.15, 0.2) is 0 Å². The molecule has 2 aliphatic carbocycles. The minimum atomic E-state index is -3.67. The third-order valence-corrected chi connectivity index (χ3v) is 11.3. The monoisotopic (exact) mass is 466 g/mol. The Bertz CT molecular complexity index is 1090. The Morgan fingerprint density at radius 2 is 1.61 bits per heavy atom. The minimum absolute atomic E-state index is 0.0737. The Morgan fingerprint density at radius 3 is 2.16 bits per heavy atom. The molecule has 3 fully saturated rings. The fourth-order valence-electron chi connectivity index (χ4n) is 5.53. The molecule has 2 atom stereocenters. The number of carbonyl (C=O) groups excluding carboxylic acids is 1. The molecule has 1 aromatic rings. The number of Topliss-reactive ketones (excluding diaryl/α,β-unsaturated/α-hetero) is 1. The van der Waals surface area contributed by atoms with Crippen molar-refractivity contribution in [3.05, 3.63) is 41.3 Å².